The van der Waals surface area contributed by atoms with Gasteiger partial charge in [0, 0.05) is 0 Å². The maximum absolute atomic E-state index is 11.4. The van der Waals surface area contributed by atoms with Crippen molar-refractivity contribution >= 4 is 36.0 Å². The predicted octanol–water partition coefficient (Wildman–Crippen LogP) is 2.65. The van der Waals surface area contributed by atoms with Gasteiger partial charge in [0.2, 0.25) is 0 Å². The molecule has 2 rings (SSSR count). The van der Waals surface area contributed by atoms with Crippen LogP contribution in [0, 0.1) is 0 Å². The Morgan fingerprint density at radius 2 is 1.27 bits per heavy atom. The van der Waals surface area contributed by atoms with E-state index in [1.165, 1.54) is 36.4 Å². The summed E-state index contributed by atoms with van der Waals surface area (Å²) in [5.41, 5.74) is -1.13. The highest BCUT2D eigenvalue weighted by Crippen LogP contribution is 2.20. The molecule has 0 heterocycles. The van der Waals surface area contributed by atoms with Crippen LogP contribution in [0.2, 0.25) is 0 Å². The molecule has 0 atom stereocenters. The van der Waals surface area contributed by atoms with Crippen LogP contribution < -0.4 is 0 Å². The largest absolute Gasteiger partial charge is 0.478 e. The molecule has 0 fully saturated rings. The third-order valence-electron chi connectivity index (χ3n) is 3.51. The van der Waals surface area contributed by atoms with Crippen molar-refractivity contribution in [3.8, 4) is 0 Å². The Bertz CT molecular complexity index is 956. The van der Waals surface area contributed by atoms with Gasteiger partial charge in [0.15, 0.2) is 0 Å². The number of hydrogen-bond acceptors (Lipinski definition) is 4. The van der Waals surface area contributed by atoms with E-state index in [0.717, 1.165) is 12.1 Å². The van der Waals surface area contributed by atoms with E-state index in [9.17, 15) is 29.4 Å². The first-order chi connectivity index (χ1) is 12.2. The zero-order valence-electron chi connectivity index (χ0n) is 13.0. The normalized spacial score (nSPS) is 10.6. The molecule has 0 amide bonds. The third-order valence-corrected chi connectivity index (χ3v) is 3.51. The van der Waals surface area contributed by atoms with E-state index in [0.29, 0.717) is 0 Å². The summed E-state index contributed by atoms with van der Waals surface area (Å²) in [5.74, 6) is -5.49. The van der Waals surface area contributed by atoms with Gasteiger partial charge in [0.1, 0.15) is 0 Å². The minimum absolute atomic E-state index is 0.0658. The maximum atomic E-state index is 11.4. The molecule has 0 unspecified atom stereocenters. The number of carboxylic acids is 4. The van der Waals surface area contributed by atoms with Crippen LogP contribution in [0.25, 0.3) is 12.2 Å². The first kappa shape index (κ1) is 18.4. The van der Waals surface area contributed by atoms with Gasteiger partial charge < -0.3 is 20.4 Å². The van der Waals surface area contributed by atoms with E-state index < -0.39 is 35.0 Å². The first-order valence-corrected chi connectivity index (χ1v) is 7.10. The lowest BCUT2D eigenvalue weighted by Crippen LogP contribution is -2.09. The summed E-state index contributed by atoms with van der Waals surface area (Å²) in [6.07, 6.45) is 2.54. The highest BCUT2D eigenvalue weighted by molar-refractivity contribution is 6.05. The summed E-state index contributed by atoms with van der Waals surface area (Å²) in [6.45, 7) is 0. The molecule has 0 saturated heterocycles. The van der Waals surface area contributed by atoms with E-state index in [4.69, 9.17) is 10.2 Å². The predicted molar refractivity (Wildman–Crippen MR) is 89.6 cm³/mol. The molecule has 4 N–H and O–H groups in total. The summed E-state index contributed by atoms with van der Waals surface area (Å²) in [5, 5.41) is 36.5. The van der Waals surface area contributed by atoms with Crippen molar-refractivity contribution in [2.24, 2.45) is 0 Å². The SMILES string of the molecule is O=C(O)c1ccc(C=Cc2cccc(C(=O)O)c2C(=O)O)c(C(=O)O)c1. The zero-order chi connectivity index (χ0) is 19.4. The Kier molecular flexibility index (Phi) is 5.17. The maximum Gasteiger partial charge on any atom is 0.337 e. The lowest BCUT2D eigenvalue weighted by Gasteiger charge is -2.06. The van der Waals surface area contributed by atoms with Gasteiger partial charge in [-0.15, -0.1) is 0 Å². The summed E-state index contributed by atoms with van der Waals surface area (Å²) < 4.78 is 0. The molecule has 0 radical (unpaired) electrons. The van der Waals surface area contributed by atoms with Gasteiger partial charge in [-0.05, 0) is 29.3 Å². The molecule has 26 heavy (non-hydrogen) atoms. The summed E-state index contributed by atoms with van der Waals surface area (Å²) >= 11 is 0. The topological polar surface area (TPSA) is 149 Å². The lowest BCUT2D eigenvalue weighted by atomic mass is 9.98. The Morgan fingerprint density at radius 1 is 0.654 bits per heavy atom. The molecule has 0 aliphatic rings. The van der Waals surface area contributed by atoms with Gasteiger partial charge in [-0.25, -0.2) is 19.2 Å². The van der Waals surface area contributed by atoms with Crippen molar-refractivity contribution in [3.05, 3.63) is 69.8 Å². The summed E-state index contributed by atoms with van der Waals surface area (Å²) in [6, 6.07) is 7.34. The lowest BCUT2D eigenvalue weighted by molar-refractivity contribution is 0.0651. The number of aromatic carboxylic acids is 4. The number of benzene rings is 2. The van der Waals surface area contributed by atoms with E-state index in [2.05, 4.69) is 0 Å². The van der Waals surface area contributed by atoms with E-state index in [1.54, 1.807) is 0 Å². The number of hydrogen-bond donors (Lipinski definition) is 4. The molecule has 0 aliphatic heterocycles. The van der Waals surface area contributed by atoms with Gasteiger partial charge in [0.05, 0.1) is 22.3 Å². The van der Waals surface area contributed by atoms with Gasteiger partial charge in [-0.3, -0.25) is 0 Å². The molecule has 0 saturated carbocycles. The van der Waals surface area contributed by atoms with Crippen LogP contribution in [-0.4, -0.2) is 44.3 Å². The van der Waals surface area contributed by atoms with Crippen molar-refractivity contribution in [1.82, 2.24) is 0 Å². The van der Waals surface area contributed by atoms with Crippen LogP contribution in [0.15, 0.2) is 36.4 Å². The second-order valence-corrected chi connectivity index (χ2v) is 5.13. The van der Waals surface area contributed by atoms with Gasteiger partial charge in [-0.2, -0.15) is 0 Å². The average molecular weight is 356 g/mol. The molecule has 0 aliphatic carbocycles. The van der Waals surface area contributed by atoms with Crippen molar-refractivity contribution in [3.63, 3.8) is 0 Å². The Morgan fingerprint density at radius 3 is 1.81 bits per heavy atom. The van der Waals surface area contributed by atoms with E-state index in [1.807, 2.05) is 0 Å². The van der Waals surface area contributed by atoms with Crippen molar-refractivity contribution in [2.45, 2.75) is 0 Å². The van der Waals surface area contributed by atoms with Crippen LogP contribution in [-0.2, 0) is 0 Å². The second kappa shape index (κ2) is 7.31. The third kappa shape index (κ3) is 3.75. The average Bonchev–Trinajstić information content (AvgIpc) is 2.58. The molecule has 0 bridgehead atoms. The van der Waals surface area contributed by atoms with Gasteiger partial charge >= 0.3 is 23.9 Å². The fourth-order valence-electron chi connectivity index (χ4n) is 2.33. The molecule has 0 spiro atoms. The molecular formula is C18H12O8. The first-order valence-electron chi connectivity index (χ1n) is 7.10. The highest BCUT2D eigenvalue weighted by Gasteiger charge is 2.19. The van der Waals surface area contributed by atoms with Crippen LogP contribution in [0.3, 0.4) is 0 Å². The van der Waals surface area contributed by atoms with Crippen LogP contribution in [0.4, 0.5) is 0 Å². The monoisotopic (exact) mass is 356 g/mol. The highest BCUT2D eigenvalue weighted by atomic mass is 16.4. The molecule has 8 heteroatoms. The molecule has 2 aromatic carbocycles. The minimum Gasteiger partial charge on any atom is -0.478 e. The van der Waals surface area contributed by atoms with Crippen molar-refractivity contribution < 1.29 is 39.6 Å². The Labute approximate surface area is 146 Å². The molecular weight excluding hydrogens is 344 g/mol. The molecule has 132 valence electrons. The van der Waals surface area contributed by atoms with E-state index in [-0.39, 0.29) is 22.3 Å². The Hall–Kier alpha value is -3.94. The quantitative estimate of drug-likeness (QED) is 0.577. The standard InChI is InChI=1S/C18H12O8/c19-15(20)11-7-5-9(13(8-11)17(23)24)4-6-10-2-1-3-12(16(21)22)14(10)18(25)26/h1-8H,(H,19,20)(H,21,22)(H,23,24)(H,25,26). The molecule has 2 aromatic rings. The summed E-state index contributed by atoms with van der Waals surface area (Å²) in [4.78, 5) is 44.9. The number of carbonyl (C=O) groups is 4. The fourth-order valence-corrected chi connectivity index (χ4v) is 2.33. The zero-order valence-corrected chi connectivity index (χ0v) is 13.0. The minimum atomic E-state index is -1.44. The van der Waals surface area contributed by atoms with Crippen LogP contribution in [0.1, 0.15) is 52.6 Å². The van der Waals surface area contributed by atoms with Crippen molar-refractivity contribution in [2.75, 3.05) is 0 Å². The number of carboxylic acid groups (broad SMARTS) is 4. The van der Waals surface area contributed by atoms with E-state index >= 15 is 0 Å². The molecule has 0 aromatic heterocycles. The van der Waals surface area contributed by atoms with Crippen molar-refractivity contribution in [1.29, 1.82) is 0 Å². The fraction of sp³-hybridized carbons (Fsp3) is 0. The van der Waals surface area contributed by atoms with Gasteiger partial charge in [0.25, 0.3) is 0 Å². The van der Waals surface area contributed by atoms with Crippen LogP contribution >= 0.6 is 0 Å². The second-order valence-electron chi connectivity index (χ2n) is 5.13. The smallest absolute Gasteiger partial charge is 0.337 e. The Balaban J connectivity index is 2.56. The molecule has 8 nitrogen and oxygen atoms in total. The van der Waals surface area contributed by atoms with Crippen LogP contribution in [0.5, 0.6) is 0 Å². The summed E-state index contributed by atoms with van der Waals surface area (Å²) in [7, 11) is 0. The van der Waals surface area contributed by atoms with Gasteiger partial charge in [-0.1, -0.05) is 30.4 Å². The number of rotatable bonds is 6.